The monoisotopic (exact) mass is 231 g/mol. The van der Waals surface area contributed by atoms with Crippen molar-refractivity contribution in [2.45, 2.75) is 56.7 Å². The van der Waals surface area contributed by atoms with Crippen LogP contribution in [0.15, 0.2) is 0 Å². The van der Waals surface area contributed by atoms with Gasteiger partial charge in [-0.05, 0) is 38.5 Å². The van der Waals surface area contributed by atoms with E-state index in [1.54, 1.807) is 0 Å². The lowest BCUT2D eigenvalue weighted by Gasteiger charge is -2.37. The molecule has 0 heterocycles. The lowest BCUT2D eigenvalue weighted by Crippen LogP contribution is -2.43. The van der Waals surface area contributed by atoms with Crippen molar-refractivity contribution in [2.75, 3.05) is 19.5 Å². The minimum absolute atomic E-state index is 0.486. The first-order valence-electron chi connectivity index (χ1n) is 6.19. The molecule has 2 aliphatic carbocycles. The molecule has 2 rings (SSSR count). The zero-order chi connectivity index (χ0) is 10.7. The third-order valence-electron chi connectivity index (χ3n) is 3.76. The molecule has 0 aromatic rings. The van der Waals surface area contributed by atoms with Crippen LogP contribution in [0, 0.1) is 0 Å². The van der Waals surface area contributed by atoms with Gasteiger partial charge >= 0.3 is 0 Å². The van der Waals surface area contributed by atoms with Crippen LogP contribution in [0.4, 0.5) is 0 Å². The van der Waals surface area contributed by atoms with Crippen molar-refractivity contribution in [1.82, 2.24) is 4.90 Å². The summed E-state index contributed by atoms with van der Waals surface area (Å²) in [7, 11) is 1.84. The summed E-state index contributed by atoms with van der Waals surface area (Å²) in [6.07, 6.45) is 8.36. The lowest BCUT2D eigenvalue weighted by atomic mass is 9.91. The zero-order valence-corrected chi connectivity index (χ0v) is 10.4. The molecule has 15 heavy (non-hydrogen) atoms. The summed E-state index contributed by atoms with van der Waals surface area (Å²) in [5.74, 6) is 0.769. The molecule has 0 bridgehead atoms. The molecule has 0 amide bonds. The molecular weight excluding hydrogens is 210 g/mol. The molecule has 0 aliphatic heterocycles. The van der Waals surface area contributed by atoms with E-state index in [9.17, 15) is 0 Å². The Morgan fingerprint density at radius 1 is 1.20 bits per heavy atom. The Bertz CT molecular complexity index is 196. The molecule has 2 fully saturated rings. The zero-order valence-electron chi connectivity index (χ0n) is 9.62. The predicted molar refractivity (Wildman–Crippen MR) is 63.5 cm³/mol. The molecule has 2 unspecified atom stereocenters. The highest BCUT2D eigenvalue weighted by molar-refractivity contribution is 6.18. The first-order chi connectivity index (χ1) is 7.35. The van der Waals surface area contributed by atoms with Gasteiger partial charge in [-0.15, -0.1) is 11.6 Å². The molecule has 88 valence electrons. The van der Waals surface area contributed by atoms with E-state index < -0.39 is 0 Å². The normalized spacial score (nSPS) is 32.2. The minimum Gasteiger partial charge on any atom is -0.381 e. The van der Waals surface area contributed by atoms with Gasteiger partial charge in [-0.3, -0.25) is 4.90 Å². The van der Waals surface area contributed by atoms with E-state index in [2.05, 4.69) is 4.90 Å². The number of rotatable bonds is 5. The fourth-order valence-corrected chi connectivity index (χ4v) is 3.00. The maximum atomic E-state index is 5.88. The first kappa shape index (κ1) is 11.7. The van der Waals surface area contributed by atoms with Gasteiger partial charge in [0.05, 0.1) is 6.10 Å². The van der Waals surface area contributed by atoms with Gasteiger partial charge in [-0.25, -0.2) is 0 Å². The van der Waals surface area contributed by atoms with Crippen molar-refractivity contribution in [3.8, 4) is 0 Å². The van der Waals surface area contributed by atoms with Crippen LogP contribution in [-0.4, -0.2) is 42.6 Å². The molecule has 0 radical (unpaired) electrons. The average Bonchev–Trinajstić information content (AvgIpc) is 3.10. The quantitative estimate of drug-likeness (QED) is 0.675. The molecule has 2 atom stereocenters. The predicted octanol–water partition coefficient (Wildman–Crippen LogP) is 2.65. The molecule has 3 heteroatoms. The third kappa shape index (κ3) is 3.08. The second kappa shape index (κ2) is 5.51. The number of halogens is 1. The molecule has 2 saturated carbocycles. The number of ether oxygens (including phenoxy) is 1. The highest BCUT2D eigenvalue weighted by Gasteiger charge is 2.35. The molecule has 0 N–H and O–H groups in total. The van der Waals surface area contributed by atoms with Crippen molar-refractivity contribution in [1.29, 1.82) is 0 Å². The van der Waals surface area contributed by atoms with Gasteiger partial charge in [-0.1, -0.05) is 0 Å². The van der Waals surface area contributed by atoms with Crippen molar-refractivity contribution in [2.24, 2.45) is 0 Å². The van der Waals surface area contributed by atoms with Crippen LogP contribution in [0.3, 0.4) is 0 Å². The Balaban J connectivity index is 1.88. The molecule has 0 aromatic carbocycles. The first-order valence-corrected chi connectivity index (χ1v) is 6.73. The summed E-state index contributed by atoms with van der Waals surface area (Å²) in [6, 6.07) is 1.57. The van der Waals surface area contributed by atoms with Crippen molar-refractivity contribution >= 4 is 11.6 Å². The highest BCUT2D eigenvalue weighted by atomic mass is 35.5. The number of methoxy groups -OCH3 is 1. The third-order valence-corrected chi connectivity index (χ3v) is 3.93. The molecule has 2 aliphatic rings. The van der Waals surface area contributed by atoms with Gasteiger partial charge in [0.25, 0.3) is 0 Å². The summed E-state index contributed by atoms with van der Waals surface area (Å²) in [5.41, 5.74) is 0. The minimum atomic E-state index is 0.486. The number of nitrogens with zero attached hydrogens (tertiary/aromatic N) is 1. The molecule has 0 spiro atoms. The maximum Gasteiger partial charge on any atom is 0.0586 e. The van der Waals surface area contributed by atoms with Gasteiger partial charge < -0.3 is 4.74 Å². The van der Waals surface area contributed by atoms with Crippen LogP contribution < -0.4 is 0 Å². The summed E-state index contributed by atoms with van der Waals surface area (Å²) in [6.45, 7) is 1.06. The van der Waals surface area contributed by atoms with E-state index in [1.165, 1.54) is 38.5 Å². The van der Waals surface area contributed by atoms with Crippen molar-refractivity contribution in [3.05, 3.63) is 0 Å². The Labute approximate surface area is 97.9 Å². The topological polar surface area (TPSA) is 12.5 Å². The fraction of sp³-hybridized carbons (Fsp3) is 1.00. The highest BCUT2D eigenvalue weighted by Crippen LogP contribution is 2.34. The molecule has 0 saturated heterocycles. The Morgan fingerprint density at radius 2 is 2.00 bits per heavy atom. The number of hydrogen-bond acceptors (Lipinski definition) is 2. The van der Waals surface area contributed by atoms with Crippen LogP contribution in [0.5, 0.6) is 0 Å². The van der Waals surface area contributed by atoms with Crippen LogP contribution in [0.2, 0.25) is 0 Å². The second-order valence-electron chi connectivity index (χ2n) is 4.84. The van der Waals surface area contributed by atoms with Crippen LogP contribution in [0.25, 0.3) is 0 Å². The van der Waals surface area contributed by atoms with Crippen LogP contribution >= 0.6 is 11.6 Å². The van der Waals surface area contributed by atoms with Crippen LogP contribution in [0.1, 0.15) is 38.5 Å². The average molecular weight is 232 g/mol. The fourth-order valence-electron chi connectivity index (χ4n) is 2.80. The maximum absolute atomic E-state index is 5.88. The smallest absolute Gasteiger partial charge is 0.0586 e. The Hall–Kier alpha value is 0.210. The van der Waals surface area contributed by atoms with E-state index in [0.29, 0.717) is 6.10 Å². The summed E-state index contributed by atoms with van der Waals surface area (Å²) in [4.78, 5) is 2.64. The SMILES string of the molecule is COC1CCCC(N(CCCl)C2CC2)C1. The summed E-state index contributed by atoms with van der Waals surface area (Å²) < 4.78 is 5.49. The largest absolute Gasteiger partial charge is 0.381 e. The van der Waals surface area contributed by atoms with E-state index in [4.69, 9.17) is 16.3 Å². The number of hydrogen-bond donors (Lipinski definition) is 0. The van der Waals surface area contributed by atoms with Crippen molar-refractivity contribution in [3.63, 3.8) is 0 Å². The van der Waals surface area contributed by atoms with E-state index in [-0.39, 0.29) is 0 Å². The number of alkyl halides is 1. The van der Waals surface area contributed by atoms with E-state index in [0.717, 1.165) is 24.5 Å². The lowest BCUT2D eigenvalue weighted by molar-refractivity contribution is 0.0272. The molecule has 2 nitrogen and oxygen atoms in total. The van der Waals surface area contributed by atoms with E-state index >= 15 is 0 Å². The summed E-state index contributed by atoms with van der Waals surface area (Å²) >= 11 is 5.88. The molecular formula is C12H22ClNO. The van der Waals surface area contributed by atoms with Gasteiger partial charge in [-0.2, -0.15) is 0 Å². The van der Waals surface area contributed by atoms with E-state index in [1.807, 2.05) is 7.11 Å². The van der Waals surface area contributed by atoms with Crippen LogP contribution in [-0.2, 0) is 4.74 Å². The Kier molecular flexibility index (Phi) is 4.30. The second-order valence-corrected chi connectivity index (χ2v) is 5.21. The van der Waals surface area contributed by atoms with Gasteiger partial charge in [0, 0.05) is 31.6 Å². The van der Waals surface area contributed by atoms with Gasteiger partial charge in [0.2, 0.25) is 0 Å². The summed E-state index contributed by atoms with van der Waals surface area (Å²) in [5, 5.41) is 0. The molecule has 0 aromatic heterocycles. The Morgan fingerprint density at radius 3 is 2.60 bits per heavy atom. The van der Waals surface area contributed by atoms with Gasteiger partial charge in [0.1, 0.15) is 0 Å². The van der Waals surface area contributed by atoms with Crippen molar-refractivity contribution < 1.29 is 4.74 Å². The standard InChI is InChI=1S/C12H22ClNO/c1-15-12-4-2-3-11(9-12)14(8-7-13)10-5-6-10/h10-12H,2-9H2,1H3. The van der Waals surface area contributed by atoms with Gasteiger partial charge in [0.15, 0.2) is 0 Å².